The Bertz CT molecular complexity index is 444. The van der Waals surface area contributed by atoms with E-state index in [1.165, 1.54) is 0 Å². The first-order chi connectivity index (χ1) is 9.51. The molecule has 0 radical (unpaired) electrons. The molecule has 0 bridgehead atoms. The molecule has 1 aromatic rings. The van der Waals surface area contributed by atoms with Crippen LogP contribution in [-0.4, -0.2) is 30.5 Å². The van der Waals surface area contributed by atoms with Gasteiger partial charge in [-0.25, -0.2) is 0 Å². The molecule has 0 saturated carbocycles. The van der Waals surface area contributed by atoms with Crippen LogP contribution in [0.1, 0.15) is 50.4 Å². The van der Waals surface area contributed by atoms with Crippen molar-refractivity contribution >= 4 is 11.6 Å². The molecule has 0 aromatic heterocycles. The Kier molecular flexibility index (Phi) is 6.36. The fourth-order valence-corrected chi connectivity index (χ4v) is 2.17. The summed E-state index contributed by atoms with van der Waals surface area (Å²) >= 11 is 0. The summed E-state index contributed by atoms with van der Waals surface area (Å²) in [5.41, 5.74) is 6.91. The van der Waals surface area contributed by atoms with Crippen LogP contribution in [-0.2, 0) is 0 Å². The van der Waals surface area contributed by atoms with Crippen molar-refractivity contribution in [2.45, 2.75) is 46.1 Å². The molecule has 0 unspecified atom stereocenters. The first kappa shape index (κ1) is 16.3. The summed E-state index contributed by atoms with van der Waals surface area (Å²) in [5.74, 6) is 0.545. The molecular formula is C16H26N2O2. The zero-order valence-corrected chi connectivity index (χ0v) is 13.0. The van der Waals surface area contributed by atoms with Gasteiger partial charge < -0.3 is 15.4 Å². The van der Waals surface area contributed by atoms with E-state index in [9.17, 15) is 4.79 Å². The van der Waals surface area contributed by atoms with Gasteiger partial charge in [0.05, 0.1) is 12.7 Å². The standard InChI is InChI=1S/C16H26N2O2/c1-5-6-7-10-18(12(2)3)16(19)14-9-8-13(17)11-15(14)20-4/h8-9,11-12H,5-7,10,17H2,1-4H3. The van der Waals surface area contributed by atoms with Gasteiger partial charge in [0.25, 0.3) is 5.91 Å². The highest BCUT2D eigenvalue weighted by atomic mass is 16.5. The van der Waals surface area contributed by atoms with Gasteiger partial charge in [-0.2, -0.15) is 0 Å². The van der Waals surface area contributed by atoms with E-state index in [4.69, 9.17) is 10.5 Å². The monoisotopic (exact) mass is 278 g/mol. The Morgan fingerprint density at radius 2 is 2.05 bits per heavy atom. The van der Waals surface area contributed by atoms with E-state index >= 15 is 0 Å². The molecule has 0 aliphatic heterocycles. The van der Waals surface area contributed by atoms with Gasteiger partial charge in [-0.05, 0) is 32.4 Å². The van der Waals surface area contributed by atoms with Crippen LogP contribution in [0.2, 0.25) is 0 Å². The highest BCUT2D eigenvalue weighted by Crippen LogP contribution is 2.24. The molecule has 0 saturated heterocycles. The Morgan fingerprint density at radius 3 is 2.60 bits per heavy atom. The van der Waals surface area contributed by atoms with E-state index in [0.29, 0.717) is 17.0 Å². The van der Waals surface area contributed by atoms with Gasteiger partial charge in [0.1, 0.15) is 5.75 Å². The summed E-state index contributed by atoms with van der Waals surface area (Å²) in [6, 6.07) is 5.34. The zero-order valence-electron chi connectivity index (χ0n) is 13.0. The number of methoxy groups -OCH3 is 1. The third-order valence-corrected chi connectivity index (χ3v) is 3.34. The average Bonchev–Trinajstić information content (AvgIpc) is 2.42. The second-order valence-corrected chi connectivity index (χ2v) is 5.26. The summed E-state index contributed by atoms with van der Waals surface area (Å²) in [5, 5.41) is 0. The molecule has 0 aliphatic carbocycles. The lowest BCUT2D eigenvalue weighted by Gasteiger charge is -2.27. The lowest BCUT2D eigenvalue weighted by Crippen LogP contribution is -2.37. The van der Waals surface area contributed by atoms with Crippen LogP contribution in [0, 0.1) is 0 Å². The third kappa shape index (κ3) is 4.15. The first-order valence-corrected chi connectivity index (χ1v) is 7.25. The number of carbonyl (C=O) groups excluding carboxylic acids is 1. The minimum absolute atomic E-state index is 0.00736. The minimum atomic E-state index is 0.00736. The molecule has 0 heterocycles. The topological polar surface area (TPSA) is 55.6 Å². The molecule has 20 heavy (non-hydrogen) atoms. The molecule has 4 heteroatoms. The maximum atomic E-state index is 12.7. The van der Waals surface area contributed by atoms with Crippen LogP contribution >= 0.6 is 0 Å². The van der Waals surface area contributed by atoms with E-state index in [1.54, 1.807) is 25.3 Å². The van der Waals surface area contributed by atoms with Gasteiger partial charge in [-0.1, -0.05) is 19.8 Å². The number of hydrogen-bond acceptors (Lipinski definition) is 3. The Balaban J connectivity index is 2.94. The zero-order chi connectivity index (χ0) is 15.1. The molecular weight excluding hydrogens is 252 g/mol. The Labute approximate surface area is 121 Å². The van der Waals surface area contributed by atoms with Crippen LogP contribution in [0.5, 0.6) is 5.75 Å². The predicted octanol–water partition coefficient (Wildman–Crippen LogP) is 3.32. The quantitative estimate of drug-likeness (QED) is 0.615. The van der Waals surface area contributed by atoms with Crippen molar-refractivity contribution in [2.75, 3.05) is 19.4 Å². The van der Waals surface area contributed by atoms with Crippen molar-refractivity contribution in [2.24, 2.45) is 0 Å². The maximum absolute atomic E-state index is 12.7. The summed E-state index contributed by atoms with van der Waals surface area (Å²) in [6.07, 6.45) is 3.30. The lowest BCUT2D eigenvalue weighted by atomic mass is 10.1. The van der Waals surface area contributed by atoms with E-state index in [2.05, 4.69) is 6.92 Å². The second-order valence-electron chi connectivity index (χ2n) is 5.26. The van der Waals surface area contributed by atoms with E-state index in [0.717, 1.165) is 25.8 Å². The summed E-state index contributed by atoms with van der Waals surface area (Å²) < 4.78 is 5.28. The Morgan fingerprint density at radius 1 is 1.35 bits per heavy atom. The largest absolute Gasteiger partial charge is 0.496 e. The third-order valence-electron chi connectivity index (χ3n) is 3.34. The van der Waals surface area contributed by atoms with E-state index in [1.807, 2.05) is 18.7 Å². The second kappa shape index (κ2) is 7.78. The van der Waals surface area contributed by atoms with E-state index < -0.39 is 0 Å². The molecule has 0 atom stereocenters. The van der Waals surface area contributed by atoms with Crippen LogP contribution in [0.4, 0.5) is 5.69 Å². The van der Waals surface area contributed by atoms with Crippen molar-refractivity contribution < 1.29 is 9.53 Å². The highest BCUT2D eigenvalue weighted by molar-refractivity contribution is 5.97. The van der Waals surface area contributed by atoms with Crippen molar-refractivity contribution in [1.29, 1.82) is 0 Å². The van der Waals surface area contributed by atoms with Crippen molar-refractivity contribution in [3.63, 3.8) is 0 Å². The fraction of sp³-hybridized carbons (Fsp3) is 0.562. The smallest absolute Gasteiger partial charge is 0.257 e. The molecule has 1 aromatic carbocycles. The lowest BCUT2D eigenvalue weighted by molar-refractivity contribution is 0.0699. The highest BCUT2D eigenvalue weighted by Gasteiger charge is 2.21. The van der Waals surface area contributed by atoms with Gasteiger partial charge in [0.2, 0.25) is 0 Å². The number of nitrogen functional groups attached to an aromatic ring is 1. The number of rotatable bonds is 7. The van der Waals surface area contributed by atoms with Crippen molar-refractivity contribution in [3.8, 4) is 5.75 Å². The first-order valence-electron chi connectivity index (χ1n) is 7.25. The number of nitrogens with two attached hydrogens (primary N) is 1. The summed E-state index contributed by atoms with van der Waals surface area (Å²) in [4.78, 5) is 14.6. The van der Waals surface area contributed by atoms with Gasteiger partial charge >= 0.3 is 0 Å². The van der Waals surface area contributed by atoms with Crippen LogP contribution in [0.15, 0.2) is 18.2 Å². The minimum Gasteiger partial charge on any atom is -0.496 e. The van der Waals surface area contributed by atoms with Gasteiger partial charge in [-0.15, -0.1) is 0 Å². The molecule has 0 aliphatic rings. The normalized spacial score (nSPS) is 10.7. The average molecular weight is 278 g/mol. The van der Waals surface area contributed by atoms with Gasteiger partial charge in [0.15, 0.2) is 0 Å². The molecule has 112 valence electrons. The van der Waals surface area contributed by atoms with Crippen LogP contribution in [0.3, 0.4) is 0 Å². The van der Waals surface area contributed by atoms with Gasteiger partial charge in [0, 0.05) is 24.3 Å². The number of unbranched alkanes of at least 4 members (excludes halogenated alkanes) is 2. The molecule has 1 rings (SSSR count). The number of anilines is 1. The number of hydrogen-bond donors (Lipinski definition) is 1. The predicted molar refractivity (Wildman–Crippen MR) is 83.1 cm³/mol. The number of ether oxygens (including phenoxy) is 1. The number of nitrogens with zero attached hydrogens (tertiary/aromatic N) is 1. The maximum Gasteiger partial charge on any atom is 0.257 e. The van der Waals surface area contributed by atoms with Gasteiger partial charge in [-0.3, -0.25) is 4.79 Å². The van der Waals surface area contributed by atoms with Crippen LogP contribution in [0.25, 0.3) is 0 Å². The molecule has 0 spiro atoms. The molecule has 0 fully saturated rings. The van der Waals surface area contributed by atoms with E-state index in [-0.39, 0.29) is 11.9 Å². The fourth-order valence-electron chi connectivity index (χ4n) is 2.17. The number of carbonyl (C=O) groups is 1. The molecule has 2 N–H and O–H groups in total. The summed E-state index contributed by atoms with van der Waals surface area (Å²) in [7, 11) is 1.56. The Hall–Kier alpha value is -1.71. The number of amides is 1. The number of benzene rings is 1. The van der Waals surface area contributed by atoms with Crippen molar-refractivity contribution in [1.82, 2.24) is 4.90 Å². The molecule has 1 amide bonds. The summed E-state index contributed by atoms with van der Waals surface area (Å²) in [6.45, 7) is 7.00. The van der Waals surface area contributed by atoms with Crippen molar-refractivity contribution in [3.05, 3.63) is 23.8 Å². The van der Waals surface area contributed by atoms with Crippen LogP contribution < -0.4 is 10.5 Å². The molecule has 4 nitrogen and oxygen atoms in total. The SMILES string of the molecule is CCCCCN(C(=O)c1ccc(N)cc1OC)C(C)C.